The van der Waals surface area contributed by atoms with Crippen LogP contribution in [0.1, 0.15) is 15.9 Å². The summed E-state index contributed by atoms with van der Waals surface area (Å²) < 4.78 is 17.5. The number of carbonyl (C=O) groups is 1. The molecule has 1 aromatic heterocycles. The minimum absolute atomic E-state index is 0.00357. The molecule has 0 fully saturated rings. The van der Waals surface area contributed by atoms with Crippen molar-refractivity contribution in [2.75, 3.05) is 49.9 Å². The summed E-state index contributed by atoms with van der Waals surface area (Å²) in [7, 11) is 0. The van der Waals surface area contributed by atoms with E-state index in [0.29, 0.717) is 55.4 Å². The monoisotopic (exact) mass is 599 g/mol. The van der Waals surface area contributed by atoms with E-state index in [-0.39, 0.29) is 12.2 Å². The summed E-state index contributed by atoms with van der Waals surface area (Å²) in [6.45, 7) is 1.97. The van der Waals surface area contributed by atoms with E-state index in [9.17, 15) is 9.90 Å². The van der Waals surface area contributed by atoms with Gasteiger partial charge in [-0.2, -0.15) is 0 Å². The molecule has 1 aliphatic rings. The third-order valence-electron chi connectivity index (χ3n) is 6.63. The number of rotatable bonds is 13. The zero-order chi connectivity index (χ0) is 29.6. The Bertz CT molecular complexity index is 1740. The third-order valence-corrected chi connectivity index (χ3v) is 7.62. The zero-order valence-corrected chi connectivity index (χ0v) is 23.9. The second kappa shape index (κ2) is 13.0. The molecular weight excluding hydrogens is 570 g/mol. The van der Waals surface area contributed by atoms with Gasteiger partial charge < -0.3 is 24.4 Å². The number of carboxylic acid groups (broad SMARTS) is 1. The SMILES string of the molecule is O=C(O)c1ccc(N2N=C(c3ccc(OCCOCCOCCO)cc3)NN2c2nc3c(ccc4ccccc43)s2)cc1. The Morgan fingerprint density at radius 1 is 0.860 bits per heavy atom. The van der Waals surface area contributed by atoms with Gasteiger partial charge in [-0.25, -0.2) is 9.78 Å². The fourth-order valence-corrected chi connectivity index (χ4v) is 5.46. The molecule has 0 saturated carbocycles. The highest BCUT2D eigenvalue weighted by molar-refractivity contribution is 7.22. The van der Waals surface area contributed by atoms with E-state index in [2.05, 4.69) is 29.7 Å². The number of fused-ring (bicyclic) bond motifs is 3. The van der Waals surface area contributed by atoms with Crippen LogP contribution in [0.2, 0.25) is 0 Å². The highest BCUT2D eigenvalue weighted by Crippen LogP contribution is 2.36. The average molecular weight is 600 g/mol. The largest absolute Gasteiger partial charge is 0.491 e. The third kappa shape index (κ3) is 6.37. The minimum Gasteiger partial charge on any atom is -0.491 e. The standard InChI is InChI=1S/C31H29N5O6S/c37-15-16-40-17-18-41-19-20-42-25-12-7-22(8-13-25)29-33-35(24-10-5-23(6-11-24)30(38)39)36(34-29)31-32-28-26-4-2-1-3-21(26)9-14-27(28)43-31/h1-14,37H,15-20H2,(H,33,34)(H,38,39). The molecule has 0 aliphatic carbocycles. The van der Waals surface area contributed by atoms with Gasteiger partial charge in [-0.05, 0) is 60.0 Å². The fourth-order valence-electron chi connectivity index (χ4n) is 4.53. The van der Waals surface area contributed by atoms with Gasteiger partial charge in [0, 0.05) is 10.9 Å². The highest BCUT2D eigenvalue weighted by atomic mass is 32.1. The number of hydrazone groups is 1. The molecule has 0 amide bonds. The first-order valence-electron chi connectivity index (χ1n) is 13.7. The summed E-state index contributed by atoms with van der Waals surface area (Å²) in [5.41, 5.74) is 5.95. The molecule has 43 heavy (non-hydrogen) atoms. The molecule has 1 aliphatic heterocycles. The number of carboxylic acids is 1. The van der Waals surface area contributed by atoms with Crippen molar-refractivity contribution in [1.29, 1.82) is 0 Å². The normalized spacial score (nSPS) is 13.0. The number of anilines is 2. The number of ether oxygens (including phenoxy) is 3. The fraction of sp³-hybridized carbons (Fsp3) is 0.194. The van der Waals surface area contributed by atoms with E-state index in [1.54, 1.807) is 34.5 Å². The van der Waals surface area contributed by atoms with E-state index >= 15 is 0 Å². The van der Waals surface area contributed by atoms with Gasteiger partial charge in [0.1, 0.15) is 12.4 Å². The van der Waals surface area contributed by atoms with Crippen molar-refractivity contribution in [3.05, 3.63) is 96.1 Å². The number of aliphatic hydroxyl groups is 1. The topological polar surface area (TPSA) is 129 Å². The molecule has 5 aromatic rings. The smallest absolute Gasteiger partial charge is 0.335 e. The van der Waals surface area contributed by atoms with Crippen LogP contribution in [-0.2, 0) is 9.47 Å². The van der Waals surface area contributed by atoms with Crippen LogP contribution < -0.4 is 20.4 Å². The number of benzene rings is 4. The van der Waals surface area contributed by atoms with Crippen LogP contribution in [-0.4, -0.2) is 66.6 Å². The molecule has 0 bridgehead atoms. The molecule has 12 heteroatoms. The molecule has 0 spiro atoms. The Kier molecular flexibility index (Phi) is 8.61. The Balaban J connectivity index is 1.21. The lowest BCUT2D eigenvalue weighted by Gasteiger charge is -2.25. The Hall–Kier alpha value is -4.75. The van der Waals surface area contributed by atoms with E-state index in [4.69, 9.17) is 29.4 Å². The lowest BCUT2D eigenvalue weighted by atomic mass is 10.1. The summed E-state index contributed by atoms with van der Waals surface area (Å²) >= 11 is 1.53. The predicted molar refractivity (Wildman–Crippen MR) is 166 cm³/mol. The van der Waals surface area contributed by atoms with Gasteiger partial charge >= 0.3 is 5.97 Å². The number of hydrazine groups is 2. The van der Waals surface area contributed by atoms with Crippen molar-refractivity contribution in [3.63, 3.8) is 0 Å². The van der Waals surface area contributed by atoms with Crippen molar-refractivity contribution < 1.29 is 29.2 Å². The van der Waals surface area contributed by atoms with Gasteiger partial charge in [-0.15, -0.1) is 15.3 Å². The average Bonchev–Trinajstić information content (AvgIpc) is 3.68. The molecule has 3 N–H and O–H groups in total. The van der Waals surface area contributed by atoms with Crippen LogP contribution in [0.5, 0.6) is 5.75 Å². The zero-order valence-electron chi connectivity index (χ0n) is 23.1. The highest BCUT2D eigenvalue weighted by Gasteiger charge is 2.29. The Morgan fingerprint density at radius 3 is 2.37 bits per heavy atom. The maximum absolute atomic E-state index is 11.4. The van der Waals surface area contributed by atoms with E-state index < -0.39 is 5.97 Å². The summed E-state index contributed by atoms with van der Waals surface area (Å²) in [5.74, 6) is 0.286. The first kappa shape index (κ1) is 28.4. The van der Waals surface area contributed by atoms with Crippen LogP contribution in [0.3, 0.4) is 0 Å². The maximum Gasteiger partial charge on any atom is 0.335 e. The maximum atomic E-state index is 11.4. The lowest BCUT2D eigenvalue weighted by Crippen LogP contribution is -2.44. The van der Waals surface area contributed by atoms with E-state index in [0.717, 1.165) is 26.6 Å². The van der Waals surface area contributed by atoms with Gasteiger partial charge in [0.05, 0.1) is 54.5 Å². The number of aliphatic hydroxyl groups excluding tert-OH is 1. The second-order valence-electron chi connectivity index (χ2n) is 9.46. The van der Waals surface area contributed by atoms with Gasteiger partial charge in [0.15, 0.2) is 5.84 Å². The molecule has 0 radical (unpaired) electrons. The van der Waals surface area contributed by atoms with Crippen molar-refractivity contribution >= 4 is 54.9 Å². The van der Waals surface area contributed by atoms with Crippen LogP contribution in [0.25, 0.3) is 21.0 Å². The van der Waals surface area contributed by atoms with Crippen LogP contribution in [0.4, 0.5) is 10.8 Å². The van der Waals surface area contributed by atoms with Gasteiger partial charge in [0.25, 0.3) is 0 Å². The number of nitrogens with one attached hydrogen (secondary N) is 1. The quantitative estimate of drug-likeness (QED) is 0.164. The lowest BCUT2D eigenvalue weighted by molar-refractivity contribution is 0.0247. The molecule has 220 valence electrons. The van der Waals surface area contributed by atoms with E-state index in [1.807, 2.05) is 36.4 Å². The van der Waals surface area contributed by atoms with Crippen LogP contribution in [0.15, 0.2) is 90.0 Å². The molecule has 11 nitrogen and oxygen atoms in total. The molecule has 0 saturated heterocycles. The van der Waals surface area contributed by atoms with Crippen molar-refractivity contribution in [2.24, 2.45) is 5.10 Å². The van der Waals surface area contributed by atoms with Gasteiger partial charge in [-0.1, -0.05) is 41.7 Å². The molecule has 6 rings (SSSR count). The van der Waals surface area contributed by atoms with Gasteiger partial charge in [0.2, 0.25) is 5.13 Å². The first-order chi connectivity index (χ1) is 21.1. The number of aromatic carboxylic acids is 1. The van der Waals surface area contributed by atoms with Crippen LogP contribution >= 0.6 is 11.3 Å². The summed E-state index contributed by atoms with van der Waals surface area (Å²) in [4.78, 5) is 16.4. The molecular formula is C31H29N5O6S. The number of aromatic nitrogens is 1. The summed E-state index contributed by atoms with van der Waals surface area (Å²) in [6, 6.07) is 26.4. The summed E-state index contributed by atoms with van der Waals surface area (Å²) in [6.07, 6.45) is 0. The molecule has 0 atom stereocenters. The number of nitrogens with zero attached hydrogens (tertiary/aromatic N) is 4. The number of hydrogen-bond acceptors (Lipinski definition) is 11. The van der Waals surface area contributed by atoms with Crippen molar-refractivity contribution in [1.82, 2.24) is 10.4 Å². The molecule has 2 heterocycles. The van der Waals surface area contributed by atoms with Crippen molar-refractivity contribution in [2.45, 2.75) is 0 Å². The number of amidine groups is 1. The first-order valence-corrected chi connectivity index (χ1v) is 14.5. The number of hydrogen-bond donors (Lipinski definition) is 3. The Morgan fingerprint density at radius 2 is 1.60 bits per heavy atom. The number of thiazole rings is 1. The molecule has 0 unspecified atom stereocenters. The minimum atomic E-state index is -0.994. The van der Waals surface area contributed by atoms with E-state index in [1.165, 1.54) is 11.3 Å². The van der Waals surface area contributed by atoms with Crippen molar-refractivity contribution in [3.8, 4) is 5.75 Å². The van der Waals surface area contributed by atoms with Crippen LogP contribution in [0, 0.1) is 0 Å². The summed E-state index contributed by atoms with van der Waals surface area (Å²) in [5, 5.41) is 29.2. The van der Waals surface area contributed by atoms with Gasteiger partial charge in [-0.3, -0.25) is 5.43 Å². The molecule has 4 aromatic carbocycles. The predicted octanol–water partition coefficient (Wildman–Crippen LogP) is 4.66. The Labute approximate surface area is 251 Å². The second-order valence-corrected chi connectivity index (χ2v) is 10.5.